The Balaban J connectivity index is 1.22. The van der Waals surface area contributed by atoms with E-state index in [1.54, 1.807) is 10.7 Å². The maximum absolute atomic E-state index is 12.3. The summed E-state index contributed by atoms with van der Waals surface area (Å²) in [6.45, 7) is 0.601. The van der Waals surface area contributed by atoms with Gasteiger partial charge in [0.1, 0.15) is 5.75 Å². The number of unbranched alkanes of at least 4 members (excludes halogenated alkanes) is 1. The number of H-pyrrole nitrogens is 1. The number of amides is 1. The van der Waals surface area contributed by atoms with E-state index in [4.69, 9.17) is 0 Å². The number of carbonyl (C=O) groups excluding carboxylic acids is 1. The lowest BCUT2D eigenvalue weighted by Crippen LogP contribution is -2.23. The van der Waals surface area contributed by atoms with Gasteiger partial charge in [0.05, 0.1) is 11.9 Å². The van der Waals surface area contributed by atoms with E-state index in [-0.39, 0.29) is 18.0 Å². The molecular weight excluding hydrogens is 439 g/mol. The van der Waals surface area contributed by atoms with Crippen molar-refractivity contribution in [1.29, 1.82) is 0 Å². The van der Waals surface area contributed by atoms with E-state index < -0.39 is 12.3 Å². The van der Waals surface area contributed by atoms with Gasteiger partial charge in [-0.3, -0.25) is 9.48 Å². The predicted octanol–water partition coefficient (Wildman–Crippen LogP) is 3.40. The average molecular weight is 459 g/mol. The lowest BCUT2D eigenvalue weighted by Gasteiger charge is -2.10. The molecular formula is C21H20F3N7O2. The molecule has 1 amide bonds. The van der Waals surface area contributed by atoms with E-state index in [0.717, 1.165) is 36.0 Å². The van der Waals surface area contributed by atoms with Crippen LogP contribution in [0.2, 0.25) is 0 Å². The van der Waals surface area contributed by atoms with Gasteiger partial charge < -0.3 is 15.0 Å². The quantitative estimate of drug-likeness (QED) is 0.371. The van der Waals surface area contributed by atoms with Gasteiger partial charge in [0.2, 0.25) is 0 Å². The van der Waals surface area contributed by atoms with Gasteiger partial charge >= 0.3 is 6.36 Å². The highest BCUT2D eigenvalue weighted by Gasteiger charge is 2.31. The Morgan fingerprint density at radius 2 is 2.00 bits per heavy atom. The van der Waals surface area contributed by atoms with E-state index in [1.807, 2.05) is 18.3 Å². The van der Waals surface area contributed by atoms with Crippen molar-refractivity contribution in [2.45, 2.75) is 38.7 Å². The minimum absolute atomic E-state index is 0.0211. The predicted molar refractivity (Wildman–Crippen MR) is 111 cm³/mol. The number of hydrogen-bond acceptors (Lipinski definition) is 6. The lowest BCUT2D eigenvalue weighted by atomic mass is 10.1. The van der Waals surface area contributed by atoms with Crippen LogP contribution in [0.15, 0.2) is 48.8 Å². The second-order valence-corrected chi connectivity index (χ2v) is 7.32. The van der Waals surface area contributed by atoms with Crippen LogP contribution in [0.1, 0.15) is 34.6 Å². The molecule has 0 fully saturated rings. The number of hydrogen-bond donors (Lipinski definition) is 2. The summed E-state index contributed by atoms with van der Waals surface area (Å²) in [6.07, 6.45) is 1.02. The maximum Gasteiger partial charge on any atom is 0.573 e. The van der Waals surface area contributed by atoms with Crippen molar-refractivity contribution in [3.8, 4) is 5.75 Å². The average Bonchev–Trinajstić information content (AvgIpc) is 3.43. The molecule has 0 aliphatic carbocycles. The Morgan fingerprint density at radius 3 is 2.85 bits per heavy atom. The van der Waals surface area contributed by atoms with Crippen LogP contribution in [-0.2, 0) is 19.5 Å². The molecule has 0 aliphatic heterocycles. The van der Waals surface area contributed by atoms with Gasteiger partial charge in [0, 0.05) is 24.7 Å². The van der Waals surface area contributed by atoms with Crippen LogP contribution < -0.4 is 10.1 Å². The summed E-state index contributed by atoms with van der Waals surface area (Å²) in [6, 6.07) is 9.35. The molecule has 12 heteroatoms. The summed E-state index contributed by atoms with van der Waals surface area (Å²) < 4.78 is 42.5. The number of carbonyl (C=O) groups is 1. The normalized spacial score (nSPS) is 11.6. The fraction of sp³-hybridized carbons (Fsp3) is 0.286. The molecule has 0 bridgehead atoms. The Bertz CT molecular complexity index is 1240. The second-order valence-electron chi connectivity index (χ2n) is 7.32. The van der Waals surface area contributed by atoms with Gasteiger partial charge in [-0.15, -0.1) is 23.4 Å². The summed E-state index contributed by atoms with van der Waals surface area (Å²) in [5.74, 6) is -0.822. The SMILES string of the molecule is O=C(NCc1cccc(OC(F)(F)F)c1)c1cn(CCCCc2cc3cc[nH]c3nn2)nn1. The maximum atomic E-state index is 12.3. The minimum Gasteiger partial charge on any atom is -0.406 e. The molecule has 9 nitrogen and oxygen atoms in total. The first-order valence-corrected chi connectivity index (χ1v) is 10.2. The van der Waals surface area contributed by atoms with E-state index in [9.17, 15) is 18.0 Å². The largest absolute Gasteiger partial charge is 0.573 e. The van der Waals surface area contributed by atoms with Crippen LogP contribution >= 0.6 is 0 Å². The van der Waals surface area contributed by atoms with Gasteiger partial charge in [-0.25, -0.2) is 0 Å². The van der Waals surface area contributed by atoms with Crippen LogP contribution in [0.3, 0.4) is 0 Å². The first kappa shape index (κ1) is 22.2. The van der Waals surface area contributed by atoms with E-state index >= 15 is 0 Å². The number of halogens is 3. The summed E-state index contributed by atoms with van der Waals surface area (Å²) in [5.41, 5.74) is 2.25. The topological polar surface area (TPSA) is 111 Å². The number of aromatic amines is 1. The number of ether oxygens (including phenoxy) is 1. The molecule has 3 heterocycles. The summed E-state index contributed by atoms with van der Waals surface area (Å²) in [4.78, 5) is 15.3. The van der Waals surface area contributed by atoms with Crippen LogP contribution in [0, 0.1) is 0 Å². The molecule has 4 rings (SSSR count). The first-order valence-electron chi connectivity index (χ1n) is 10.2. The number of aryl methyl sites for hydroxylation is 2. The van der Waals surface area contributed by atoms with Crippen LogP contribution in [0.4, 0.5) is 13.2 Å². The Labute approximate surface area is 186 Å². The van der Waals surface area contributed by atoms with Crippen molar-refractivity contribution in [2.24, 2.45) is 0 Å². The summed E-state index contributed by atoms with van der Waals surface area (Å²) in [5, 5.41) is 19.8. The smallest absolute Gasteiger partial charge is 0.406 e. The highest BCUT2D eigenvalue weighted by atomic mass is 19.4. The highest BCUT2D eigenvalue weighted by molar-refractivity contribution is 5.91. The van der Waals surface area contributed by atoms with Crippen LogP contribution in [-0.4, -0.2) is 42.4 Å². The van der Waals surface area contributed by atoms with Crippen molar-refractivity contribution >= 4 is 16.9 Å². The van der Waals surface area contributed by atoms with Gasteiger partial charge in [0.25, 0.3) is 5.91 Å². The zero-order valence-corrected chi connectivity index (χ0v) is 17.3. The molecule has 33 heavy (non-hydrogen) atoms. The van der Waals surface area contributed by atoms with Crippen molar-refractivity contribution in [1.82, 2.24) is 35.5 Å². The van der Waals surface area contributed by atoms with Crippen molar-refractivity contribution in [3.05, 3.63) is 65.7 Å². The van der Waals surface area contributed by atoms with Gasteiger partial charge in [-0.2, -0.15) is 5.10 Å². The highest BCUT2D eigenvalue weighted by Crippen LogP contribution is 2.23. The van der Waals surface area contributed by atoms with Crippen LogP contribution in [0.25, 0.3) is 11.0 Å². The van der Waals surface area contributed by atoms with E-state index in [0.29, 0.717) is 12.1 Å². The van der Waals surface area contributed by atoms with Crippen molar-refractivity contribution < 1.29 is 22.7 Å². The third-order valence-corrected chi connectivity index (χ3v) is 4.78. The molecule has 2 N–H and O–H groups in total. The monoisotopic (exact) mass is 459 g/mol. The Morgan fingerprint density at radius 1 is 1.12 bits per heavy atom. The number of rotatable bonds is 9. The number of benzene rings is 1. The number of aromatic nitrogens is 6. The molecule has 1 aromatic carbocycles. The summed E-state index contributed by atoms with van der Waals surface area (Å²) >= 11 is 0. The van der Waals surface area contributed by atoms with E-state index in [1.165, 1.54) is 24.4 Å². The molecule has 0 unspecified atom stereocenters. The zero-order valence-electron chi connectivity index (χ0n) is 17.3. The first-order chi connectivity index (χ1) is 15.9. The Kier molecular flexibility index (Phi) is 6.52. The van der Waals surface area contributed by atoms with Crippen molar-refractivity contribution in [2.75, 3.05) is 0 Å². The number of alkyl halides is 3. The second kappa shape index (κ2) is 9.67. The minimum atomic E-state index is -4.77. The molecule has 0 saturated carbocycles. The standard InChI is InChI=1S/C21H20F3N7O2/c22-21(23,24)33-17-6-3-4-14(10-17)12-26-20(32)18-13-31(30-28-18)9-2-1-5-16-11-15-7-8-25-19(15)29-27-16/h3-4,6-8,10-11,13H,1-2,5,9,12H2,(H,25,29)(H,26,32). The fourth-order valence-corrected chi connectivity index (χ4v) is 3.24. The van der Waals surface area contributed by atoms with E-state index in [2.05, 4.69) is 35.5 Å². The number of fused-ring (bicyclic) bond motifs is 1. The molecule has 0 aliphatic rings. The number of nitrogens with one attached hydrogen (secondary N) is 2. The fourth-order valence-electron chi connectivity index (χ4n) is 3.24. The van der Waals surface area contributed by atoms with Gasteiger partial charge in [-0.05, 0) is 49.1 Å². The molecule has 0 radical (unpaired) electrons. The molecule has 0 saturated heterocycles. The third kappa shape index (κ3) is 6.28. The number of nitrogens with zero attached hydrogens (tertiary/aromatic N) is 5. The molecule has 172 valence electrons. The van der Waals surface area contributed by atoms with Gasteiger partial charge in [-0.1, -0.05) is 17.3 Å². The third-order valence-electron chi connectivity index (χ3n) is 4.78. The molecule has 3 aromatic heterocycles. The lowest BCUT2D eigenvalue weighted by molar-refractivity contribution is -0.274. The Hall–Kier alpha value is -3.96. The molecule has 0 spiro atoms. The molecule has 0 atom stereocenters. The van der Waals surface area contributed by atoms with Gasteiger partial charge in [0.15, 0.2) is 11.3 Å². The summed E-state index contributed by atoms with van der Waals surface area (Å²) in [7, 11) is 0. The van der Waals surface area contributed by atoms with Crippen LogP contribution in [0.5, 0.6) is 5.75 Å². The van der Waals surface area contributed by atoms with Crippen molar-refractivity contribution in [3.63, 3.8) is 0 Å². The zero-order chi connectivity index (χ0) is 23.3. The molecule has 4 aromatic rings.